The molecule has 0 unspecified atom stereocenters. The van der Waals surface area contributed by atoms with E-state index >= 15 is 0 Å². The normalized spacial score (nSPS) is 11.8. The Bertz CT molecular complexity index is 587. The molecule has 1 aromatic heterocycles. The number of carboxylic acid groups (broad SMARTS) is 1. The molecule has 0 aliphatic heterocycles. The van der Waals surface area contributed by atoms with E-state index in [0.29, 0.717) is 18.8 Å². The summed E-state index contributed by atoms with van der Waals surface area (Å²) in [6.45, 7) is 12.8. The van der Waals surface area contributed by atoms with Crippen molar-refractivity contribution in [2.24, 2.45) is 5.92 Å². The van der Waals surface area contributed by atoms with E-state index in [0.717, 1.165) is 23.5 Å². The molecule has 6 nitrogen and oxygen atoms in total. The van der Waals surface area contributed by atoms with Crippen molar-refractivity contribution < 1.29 is 14.7 Å². The molecule has 6 heteroatoms. The first kappa shape index (κ1) is 20.2. The van der Waals surface area contributed by atoms with Crippen molar-refractivity contribution in [3.05, 3.63) is 17.0 Å². The Morgan fingerprint density at radius 3 is 2.29 bits per heavy atom. The molecule has 0 aliphatic carbocycles. The molecule has 1 heterocycles. The number of hydrogen-bond donors (Lipinski definition) is 2. The average Bonchev–Trinajstić information content (AvgIpc) is 2.73. The van der Waals surface area contributed by atoms with Crippen LogP contribution in [-0.4, -0.2) is 32.3 Å². The van der Waals surface area contributed by atoms with Gasteiger partial charge in [-0.2, -0.15) is 5.10 Å². The average molecular weight is 337 g/mol. The quantitative estimate of drug-likeness (QED) is 0.726. The molecule has 0 aliphatic rings. The Labute approximate surface area is 144 Å². The van der Waals surface area contributed by atoms with E-state index in [1.54, 1.807) is 0 Å². The van der Waals surface area contributed by atoms with Crippen LogP contribution < -0.4 is 5.32 Å². The predicted molar refractivity (Wildman–Crippen MR) is 94.0 cm³/mol. The fourth-order valence-electron chi connectivity index (χ4n) is 3.02. The lowest BCUT2D eigenvalue weighted by atomic mass is 9.88. The maximum atomic E-state index is 12.5. The second-order valence-electron chi connectivity index (χ2n) is 7.01. The fourth-order valence-corrected chi connectivity index (χ4v) is 3.02. The number of nitrogens with zero attached hydrogens (tertiary/aromatic N) is 2. The number of nitrogens with one attached hydrogen (secondary N) is 1. The van der Waals surface area contributed by atoms with Crippen LogP contribution in [0, 0.1) is 19.8 Å². The summed E-state index contributed by atoms with van der Waals surface area (Å²) in [5, 5.41) is 16.6. The minimum Gasteiger partial charge on any atom is -0.481 e. The molecule has 1 amide bonds. The van der Waals surface area contributed by atoms with Crippen LogP contribution in [0.5, 0.6) is 0 Å². The van der Waals surface area contributed by atoms with E-state index in [-0.39, 0.29) is 18.7 Å². The van der Waals surface area contributed by atoms with Gasteiger partial charge in [-0.25, -0.2) is 0 Å². The van der Waals surface area contributed by atoms with Gasteiger partial charge in [0.25, 0.3) is 0 Å². The largest absolute Gasteiger partial charge is 0.481 e. The highest BCUT2D eigenvalue weighted by Gasteiger charge is 2.31. The highest BCUT2D eigenvalue weighted by molar-refractivity contribution is 5.81. The Kier molecular flexibility index (Phi) is 6.99. The molecule has 0 bridgehead atoms. The van der Waals surface area contributed by atoms with Crippen LogP contribution in [0.3, 0.4) is 0 Å². The zero-order valence-electron chi connectivity index (χ0n) is 15.8. The molecule has 0 spiro atoms. The Balaban J connectivity index is 2.91. The van der Waals surface area contributed by atoms with Gasteiger partial charge in [0.15, 0.2) is 0 Å². The molecule has 24 heavy (non-hydrogen) atoms. The third-order valence-corrected chi connectivity index (χ3v) is 4.65. The lowest BCUT2D eigenvalue weighted by Crippen LogP contribution is -2.49. The Morgan fingerprint density at radius 2 is 1.83 bits per heavy atom. The van der Waals surface area contributed by atoms with Crippen molar-refractivity contribution in [3.8, 4) is 0 Å². The molecule has 0 saturated heterocycles. The van der Waals surface area contributed by atoms with E-state index in [1.165, 1.54) is 0 Å². The van der Waals surface area contributed by atoms with Gasteiger partial charge < -0.3 is 10.4 Å². The summed E-state index contributed by atoms with van der Waals surface area (Å²) in [7, 11) is 0. The molecule has 0 aromatic carbocycles. The molecule has 1 rings (SSSR count). The third kappa shape index (κ3) is 5.08. The molecule has 0 radical (unpaired) electrons. The monoisotopic (exact) mass is 337 g/mol. The lowest BCUT2D eigenvalue weighted by Gasteiger charge is -2.31. The van der Waals surface area contributed by atoms with Gasteiger partial charge in [0.1, 0.15) is 0 Å². The second-order valence-corrected chi connectivity index (χ2v) is 7.01. The van der Waals surface area contributed by atoms with Crippen molar-refractivity contribution in [3.63, 3.8) is 0 Å². The fraction of sp³-hybridized carbons (Fsp3) is 0.722. The van der Waals surface area contributed by atoms with Crippen molar-refractivity contribution >= 4 is 11.9 Å². The van der Waals surface area contributed by atoms with Gasteiger partial charge in [-0.1, -0.05) is 27.7 Å². The van der Waals surface area contributed by atoms with Crippen LogP contribution in [0.15, 0.2) is 0 Å². The van der Waals surface area contributed by atoms with E-state index in [1.807, 2.05) is 32.4 Å². The zero-order chi connectivity index (χ0) is 18.5. The summed E-state index contributed by atoms with van der Waals surface area (Å²) in [6, 6.07) is 0. The molecule has 0 fully saturated rings. The second kappa shape index (κ2) is 8.31. The Morgan fingerprint density at radius 1 is 1.25 bits per heavy atom. The lowest BCUT2D eigenvalue weighted by molar-refractivity contribution is -0.139. The number of rotatable bonds is 9. The van der Waals surface area contributed by atoms with Gasteiger partial charge in [-0.3, -0.25) is 14.3 Å². The molecule has 0 atom stereocenters. The van der Waals surface area contributed by atoms with Crippen LogP contribution in [-0.2, 0) is 22.6 Å². The first-order valence-electron chi connectivity index (χ1n) is 8.69. The first-order chi connectivity index (χ1) is 11.1. The summed E-state index contributed by atoms with van der Waals surface area (Å²) in [4.78, 5) is 23.6. The number of carboxylic acids is 1. The van der Waals surface area contributed by atoms with Crippen LogP contribution in [0.4, 0.5) is 0 Å². The number of aliphatic carboxylic acids is 1. The van der Waals surface area contributed by atoms with Gasteiger partial charge in [0.2, 0.25) is 5.91 Å². The number of amides is 1. The van der Waals surface area contributed by atoms with E-state index in [9.17, 15) is 9.59 Å². The number of aromatic nitrogens is 2. The number of carbonyl (C=O) groups excluding carboxylic acids is 1. The number of hydrogen-bond acceptors (Lipinski definition) is 3. The smallest absolute Gasteiger partial charge is 0.305 e. The molecule has 2 N–H and O–H groups in total. The van der Waals surface area contributed by atoms with Crippen molar-refractivity contribution in [1.82, 2.24) is 15.1 Å². The van der Waals surface area contributed by atoms with Gasteiger partial charge in [-0.15, -0.1) is 0 Å². The minimum atomic E-state index is -0.892. The maximum Gasteiger partial charge on any atom is 0.305 e. The van der Waals surface area contributed by atoms with Gasteiger partial charge in [0.05, 0.1) is 18.5 Å². The van der Waals surface area contributed by atoms with Crippen molar-refractivity contribution in [2.75, 3.05) is 0 Å². The highest BCUT2D eigenvalue weighted by atomic mass is 16.4. The maximum absolute atomic E-state index is 12.5. The highest BCUT2D eigenvalue weighted by Crippen LogP contribution is 2.21. The number of aryl methyl sites for hydroxylation is 1. The summed E-state index contributed by atoms with van der Waals surface area (Å²) in [6.07, 6.45) is 1.35. The SMILES string of the molecule is CCC(CC)(CC(=O)O)NC(=O)Cc1c(C)nn(CC(C)C)c1C. The zero-order valence-corrected chi connectivity index (χ0v) is 15.8. The molecule has 0 saturated carbocycles. The van der Waals surface area contributed by atoms with E-state index < -0.39 is 11.5 Å². The standard InChI is InChI=1S/C18H31N3O3/c1-7-18(8-2,10-17(23)24)19-16(22)9-15-13(5)20-21(14(15)6)11-12(3)4/h12H,7-11H2,1-6H3,(H,19,22)(H,23,24). The minimum absolute atomic E-state index is 0.0592. The summed E-state index contributed by atoms with van der Waals surface area (Å²) < 4.78 is 1.95. The van der Waals surface area contributed by atoms with Crippen molar-refractivity contribution in [1.29, 1.82) is 0 Å². The predicted octanol–water partition coefficient (Wildman–Crippen LogP) is 2.85. The van der Waals surface area contributed by atoms with Gasteiger partial charge in [-0.05, 0) is 32.6 Å². The van der Waals surface area contributed by atoms with E-state index in [2.05, 4.69) is 24.3 Å². The van der Waals surface area contributed by atoms with Crippen LogP contribution in [0.25, 0.3) is 0 Å². The van der Waals surface area contributed by atoms with Crippen LogP contribution in [0.1, 0.15) is 63.9 Å². The molecule has 1 aromatic rings. The molecular formula is C18H31N3O3. The van der Waals surface area contributed by atoms with Crippen LogP contribution in [0.2, 0.25) is 0 Å². The number of carbonyl (C=O) groups is 2. The summed E-state index contributed by atoms with van der Waals surface area (Å²) >= 11 is 0. The van der Waals surface area contributed by atoms with Gasteiger partial charge >= 0.3 is 5.97 Å². The Hall–Kier alpha value is -1.85. The molecular weight excluding hydrogens is 306 g/mol. The first-order valence-corrected chi connectivity index (χ1v) is 8.69. The van der Waals surface area contributed by atoms with Crippen LogP contribution >= 0.6 is 0 Å². The van der Waals surface area contributed by atoms with E-state index in [4.69, 9.17) is 5.11 Å². The molecule has 136 valence electrons. The topological polar surface area (TPSA) is 84.2 Å². The summed E-state index contributed by atoms with van der Waals surface area (Å²) in [5.41, 5.74) is 2.12. The van der Waals surface area contributed by atoms with Crippen molar-refractivity contribution in [2.45, 2.75) is 79.3 Å². The van der Waals surface area contributed by atoms with Gasteiger partial charge in [0, 0.05) is 23.3 Å². The third-order valence-electron chi connectivity index (χ3n) is 4.65. The summed E-state index contributed by atoms with van der Waals surface area (Å²) in [5.74, 6) is -0.556.